The van der Waals surface area contributed by atoms with E-state index in [1.807, 2.05) is 25.1 Å². The summed E-state index contributed by atoms with van der Waals surface area (Å²) in [7, 11) is 5.60. The third-order valence-electron chi connectivity index (χ3n) is 4.48. The molecule has 0 aliphatic carbocycles. The summed E-state index contributed by atoms with van der Waals surface area (Å²) in [6, 6.07) is 4.04. The highest BCUT2D eigenvalue weighted by atomic mass is 16.1. The summed E-state index contributed by atoms with van der Waals surface area (Å²) in [5.74, 6) is 1.76. The summed E-state index contributed by atoms with van der Waals surface area (Å²) in [6.45, 7) is 2.74. The molecule has 134 valence electrons. The predicted octanol–water partition coefficient (Wildman–Crippen LogP) is 0.713. The largest absolute Gasteiger partial charge is 0.367 e. The van der Waals surface area contributed by atoms with Crippen LogP contribution >= 0.6 is 0 Å². The molecule has 1 saturated heterocycles. The van der Waals surface area contributed by atoms with Crippen LogP contribution in [-0.4, -0.2) is 57.9 Å². The second-order valence-corrected chi connectivity index (χ2v) is 6.68. The number of aromatic nitrogens is 4. The van der Waals surface area contributed by atoms with E-state index in [0.29, 0.717) is 6.04 Å². The number of hydrogen-bond acceptors (Lipinski definition) is 7. The van der Waals surface area contributed by atoms with E-state index in [4.69, 9.17) is 0 Å². The third kappa shape index (κ3) is 4.54. The predicted molar refractivity (Wildman–Crippen MR) is 97.8 cm³/mol. The number of hydrogen-bond donors (Lipinski definition) is 1. The molecule has 0 amide bonds. The molecule has 0 atom stereocenters. The van der Waals surface area contributed by atoms with E-state index < -0.39 is 0 Å². The SMILES string of the molecule is CN(C)c1cc(NC2CCN(Cc3cnn(C)c(=O)c3)CC2)ncn1. The summed E-state index contributed by atoms with van der Waals surface area (Å²) >= 11 is 0. The van der Waals surface area contributed by atoms with Gasteiger partial charge in [0.2, 0.25) is 0 Å². The second-order valence-electron chi connectivity index (χ2n) is 6.68. The van der Waals surface area contributed by atoms with Crippen molar-refractivity contribution in [3.8, 4) is 0 Å². The molecule has 0 radical (unpaired) electrons. The van der Waals surface area contributed by atoms with Crippen molar-refractivity contribution in [3.05, 3.63) is 40.6 Å². The van der Waals surface area contributed by atoms with Crippen LogP contribution in [0.15, 0.2) is 29.5 Å². The van der Waals surface area contributed by atoms with Crippen molar-refractivity contribution < 1.29 is 0 Å². The highest BCUT2D eigenvalue weighted by Gasteiger charge is 2.20. The molecule has 0 spiro atoms. The molecule has 2 aromatic heterocycles. The van der Waals surface area contributed by atoms with Crippen LogP contribution in [0.2, 0.25) is 0 Å². The molecule has 0 bridgehead atoms. The van der Waals surface area contributed by atoms with E-state index >= 15 is 0 Å². The van der Waals surface area contributed by atoms with Crippen molar-refractivity contribution in [1.82, 2.24) is 24.6 Å². The van der Waals surface area contributed by atoms with Crippen molar-refractivity contribution >= 4 is 11.6 Å². The van der Waals surface area contributed by atoms with Gasteiger partial charge in [0, 0.05) is 59.0 Å². The van der Waals surface area contributed by atoms with Crippen LogP contribution in [0.25, 0.3) is 0 Å². The Kier molecular flexibility index (Phi) is 5.28. The average Bonchev–Trinajstić information content (AvgIpc) is 2.60. The number of anilines is 2. The smallest absolute Gasteiger partial charge is 0.266 e. The molecular formula is C17H25N7O. The van der Waals surface area contributed by atoms with Crippen LogP contribution in [0, 0.1) is 0 Å². The number of rotatable bonds is 5. The van der Waals surface area contributed by atoms with E-state index in [1.165, 1.54) is 4.68 Å². The molecule has 8 heteroatoms. The Morgan fingerprint density at radius 1 is 1.24 bits per heavy atom. The maximum atomic E-state index is 11.7. The third-order valence-corrected chi connectivity index (χ3v) is 4.48. The Morgan fingerprint density at radius 3 is 2.68 bits per heavy atom. The number of nitrogens with one attached hydrogen (secondary N) is 1. The van der Waals surface area contributed by atoms with Gasteiger partial charge in [-0.25, -0.2) is 14.6 Å². The number of likely N-dealkylation sites (tertiary alicyclic amines) is 1. The van der Waals surface area contributed by atoms with Gasteiger partial charge in [0.15, 0.2) is 0 Å². The summed E-state index contributed by atoms with van der Waals surface area (Å²) in [4.78, 5) is 24.5. The zero-order chi connectivity index (χ0) is 17.8. The van der Waals surface area contributed by atoms with E-state index in [9.17, 15) is 4.79 Å². The molecule has 25 heavy (non-hydrogen) atoms. The molecule has 0 saturated carbocycles. The molecule has 8 nitrogen and oxygen atoms in total. The maximum absolute atomic E-state index is 11.7. The highest BCUT2D eigenvalue weighted by molar-refractivity contribution is 5.47. The van der Waals surface area contributed by atoms with Gasteiger partial charge >= 0.3 is 0 Å². The first-order chi connectivity index (χ1) is 12.0. The van der Waals surface area contributed by atoms with Gasteiger partial charge in [-0.05, 0) is 18.4 Å². The van der Waals surface area contributed by atoms with Gasteiger partial charge < -0.3 is 10.2 Å². The fourth-order valence-corrected chi connectivity index (χ4v) is 2.97. The van der Waals surface area contributed by atoms with Crippen molar-refractivity contribution in [2.24, 2.45) is 7.05 Å². The minimum atomic E-state index is -0.0606. The van der Waals surface area contributed by atoms with Crippen LogP contribution < -0.4 is 15.8 Å². The first-order valence-electron chi connectivity index (χ1n) is 8.52. The van der Waals surface area contributed by atoms with E-state index in [2.05, 4.69) is 25.3 Å². The van der Waals surface area contributed by atoms with Gasteiger partial charge in [-0.15, -0.1) is 0 Å². The van der Waals surface area contributed by atoms with Gasteiger partial charge in [-0.1, -0.05) is 0 Å². The first kappa shape index (κ1) is 17.3. The Bertz CT molecular complexity index is 766. The Morgan fingerprint density at radius 2 is 2.00 bits per heavy atom. The number of aryl methyl sites for hydroxylation is 1. The lowest BCUT2D eigenvalue weighted by molar-refractivity contribution is 0.210. The number of piperidine rings is 1. The fourth-order valence-electron chi connectivity index (χ4n) is 2.97. The topological polar surface area (TPSA) is 79.2 Å². The zero-order valence-electron chi connectivity index (χ0n) is 15.0. The highest BCUT2D eigenvalue weighted by Crippen LogP contribution is 2.18. The molecule has 0 unspecified atom stereocenters. The fraction of sp³-hybridized carbons (Fsp3) is 0.529. The zero-order valence-corrected chi connectivity index (χ0v) is 15.0. The molecular weight excluding hydrogens is 318 g/mol. The molecule has 3 rings (SSSR count). The molecule has 1 aliphatic heterocycles. The molecule has 3 heterocycles. The van der Waals surface area contributed by atoms with Crippen molar-refractivity contribution in [1.29, 1.82) is 0 Å². The first-order valence-corrected chi connectivity index (χ1v) is 8.52. The Hall–Kier alpha value is -2.48. The standard InChI is InChI=1S/C17H25N7O/c1-22(2)16-9-15(18-12-19-16)21-14-4-6-24(7-5-14)11-13-8-17(25)23(3)20-10-13/h8-10,12,14H,4-7,11H2,1-3H3,(H,18,19,21). The Balaban J connectivity index is 1.52. The van der Waals surface area contributed by atoms with E-state index in [-0.39, 0.29) is 5.56 Å². The lowest BCUT2D eigenvalue weighted by atomic mass is 10.0. The quantitative estimate of drug-likeness (QED) is 0.856. The minimum Gasteiger partial charge on any atom is -0.367 e. The summed E-state index contributed by atoms with van der Waals surface area (Å²) < 4.78 is 1.35. The summed E-state index contributed by atoms with van der Waals surface area (Å²) in [6.07, 6.45) is 5.45. The Labute approximate surface area is 147 Å². The minimum absolute atomic E-state index is 0.0606. The second kappa shape index (κ2) is 7.60. The summed E-state index contributed by atoms with van der Waals surface area (Å²) in [5, 5.41) is 7.59. The monoisotopic (exact) mass is 343 g/mol. The number of nitrogens with zero attached hydrogens (tertiary/aromatic N) is 6. The van der Waals surface area contributed by atoms with Gasteiger partial charge in [0.25, 0.3) is 5.56 Å². The molecule has 1 fully saturated rings. The maximum Gasteiger partial charge on any atom is 0.266 e. The van der Waals surface area contributed by atoms with Crippen molar-refractivity contribution in [3.63, 3.8) is 0 Å². The van der Waals surface area contributed by atoms with Gasteiger partial charge in [-0.2, -0.15) is 5.10 Å². The van der Waals surface area contributed by atoms with Gasteiger partial charge in [0.05, 0.1) is 6.20 Å². The summed E-state index contributed by atoms with van der Waals surface area (Å²) in [5.41, 5.74) is 0.912. The van der Waals surface area contributed by atoms with Crippen LogP contribution in [-0.2, 0) is 13.6 Å². The van der Waals surface area contributed by atoms with Gasteiger partial charge in [-0.3, -0.25) is 9.69 Å². The lowest BCUT2D eigenvalue weighted by Crippen LogP contribution is -2.39. The normalized spacial score (nSPS) is 16.0. The lowest BCUT2D eigenvalue weighted by Gasteiger charge is -2.32. The average molecular weight is 343 g/mol. The molecule has 1 N–H and O–H groups in total. The van der Waals surface area contributed by atoms with Crippen LogP contribution in [0.3, 0.4) is 0 Å². The molecule has 0 aromatic carbocycles. The van der Waals surface area contributed by atoms with Gasteiger partial charge in [0.1, 0.15) is 18.0 Å². The van der Waals surface area contributed by atoms with Crippen LogP contribution in [0.5, 0.6) is 0 Å². The van der Waals surface area contributed by atoms with E-state index in [0.717, 1.165) is 49.7 Å². The van der Waals surface area contributed by atoms with Crippen LogP contribution in [0.4, 0.5) is 11.6 Å². The van der Waals surface area contributed by atoms with Crippen molar-refractivity contribution in [2.45, 2.75) is 25.4 Å². The molecule has 1 aliphatic rings. The van der Waals surface area contributed by atoms with Crippen LogP contribution in [0.1, 0.15) is 18.4 Å². The van der Waals surface area contributed by atoms with Crippen molar-refractivity contribution in [2.75, 3.05) is 37.4 Å². The van der Waals surface area contributed by atoms with E-state index in [1.54, 1.807) is 25.6 Å². The molecule has 2 aromatic rings.